The zero-order chi connectivity index (χ0) is 28.1. The van der Waals surface area contributed by atoms with E-state index >= 15 is 0 Å². The molecule has 2 aromatic heterocycles. The molecule has 1 aliphatic rings. The smallest absolute Gasteiger partial charge is 0.543 e. The van der Waals surface area contributed by atoms with Crippen LogP contribution in [0.25, 0.3) is 0 Å². The molecule has 0 bridgehead atoms. The fraction of sp³-hybridized carbons (Fsp3) is 0.500. The zero-order valence-corrected chi connectivity index (χ0v) is 25.4. The molecule has 210 valence electrons. The fourth-order valence-corrected chi connectivity index (χ4v) is 3.83. The van der Waals surface area contributed by atoms with E-state index in [0.717, 1.165) is 63.7 Å². The van der Waals surface area contributed by atoms with E-state index in [-0.39, 0.29) is 37.6 Å². The summed E-state index contributed by atoms with van der Waals surface area (Å²) in [4.78, 5) is 48.1. The van der Waals surface area contributed by atoms with Crippen molar-refractivity contribution < 1.29 is 24.9 Å². The summed E-state index contributed by atoms with van der Waals surface area (Å²) < 4.78 is 0. The van der Waals surface area contributed by atoms with Gasteiger partial charge in [-0.2, -0.15) is 0 Å². The van der Waals surface area contributed by atoms with E-state index in [2.05, 4.69) is 43.7 Å². The van der Waals surface area contributed by atoms with E-state index in [0.29, 0.717) is 13.1 Å². The van der Waals surface area contributed by atoms with Gasteiger partial charge >= 0.3 is 26.2 Å². The van der Waals surface area contributed by atoms with E-state index in [1.165, 1.54) is 12.1 Å². The Morgan fingerprint density at radius 3 is 1.31 bits per heavy atom. The van der Waals surface area contributed by atoms with Crippen molar-refractivity contribution in [1.82, 2.24) is 29.6 Å². The Hall–Kier alpha value is -2.84. The summed E-state index contributed by atoms with van der Waals surface area (Å²) in [6.45, 7) is 7.91. The number of rotatable bonds is 6. The van der Waals surface area contributed by atoms with Crippen LogP contribution in [0.15, 0.2) is 36.4 Å². The van der Waals surface area contributed by atoms with Crippen molar-refractivity contribution in [3.63, 3.8) is 0 Å². The molecule has 14 nitrogen and oxygen atoms in total. The van der Waals surface area contributed by atoms with Gasteiger partial charge in [0.05, 0.1) is 39.8 Å². The van der Waals surface area contributed by atoms with Crippen LogP contribution in [-0.2, 0) is 13.1 Å². The molecule has 39 heavy (non-hydrogen) atoms. The number of carboxylic acids is 2. The molecular weight excluding hydrogens is 707 g/mol. The number of pyridine rings is 2. The summed E-state index contributed by atoms with van der Waals surface area (Å²) in [5, 5.41) is 37.0. The maximum Gasteiger partial charge on any atom is 3.00 e. The van der Waals surface area contributed by atoms with Crippen LogP contribution in [0.3, 0.4) is 0 Å². The second-order valence-electron chi connectivity index (χ2n) is 8.99. The van der Waals surface area contributed by atoms with Crippen LogP contribution >= 0.6 is 0 Å². The number of hydrogen-bond donors (Lipinski definition) is 0. The first kappa shape index (κ1) is 34.2. The summed E-state index contributed by atoms with van der Waals surface area (Å²) in [6.07, 6.45) is 0. The van der Waals surface area contributed by atoms with E-state index < -0.39 is 17.0 Å². The normalized spacial score (nSPS) is 16.5. The first-order chi connectivity index (χ1) is 18.0. The number of aromatic nitrogens is 2. The number of nitrogens with zero attached hydrogens (tertiary/aromatic N) is 7. The molecule has 2 aromatic rings. The molecule has 1 aliphatic heterocycles. The second-order valence-corrected chi connectivity index (χ2v) is 8.99. The summed E-state index contributed by atoms with van der Waals surface area (Å²) in [7, 11) is 4.16. The number of aromatic carboxylic acids is 2. The third-order valence-electron chi connectivity index (χ3n) is 5.99. The van der Waals surface area contributed by atoms with Gasteiger partial charge in [0.25, 0.3) is 0 Å². The average Bonchev–Trinajstić information content (AvgIpc) is 2.86. The Bertz CT molecular complexity index is 981. The summed E-state index contributed by atoms with van der Waals surface area (Å²) >= 11 is 0. The molecule has 0 amide bonds. The number of carbonyl (C=O) groups excluding carboxylic acids is 2. The maximum absolute atomic E-state index is 11.1. The molecule has 1 fully saturated rings. The number of likely N-dealkylation sites (N-methyl/N-ethyl adjacent to an activating group) is 2. The molecule has 0 atom stereocenters. The van der Waals surface area contributed by atoms with Gasteiger partial charge in [0.15, 0.2) is 0 Å². The van der Waals surface area contributed by atoms with E-state index in [4.69, 9.17) is 15.3 Å². The Labute approximate surface area is 246 Å². The maximum atomic E-state index is 11.1. The van der Waals surface area contributed by atoms with Crippen molar-refractivity contribution in [3.05, 3.63) is 74.5 Å². The SMILES string of the molecule is CN1CCN(Cc2cccc(C(=O)[O-])n2)CCN(C)CCN(Cc2cccc(C(=O)[O-])n2)CC1.O=[N+]([O-])[O-].[Bi+3]. The van der Waals surface area contributed by atoms with Crippen molar-refractivity contribution in [1.29, 1.82) is 0 Å². The average molecular weight is 740 g/mol. The van der Waals surface area contributed by atoms with E-state index in [9.17, 15) is 19.8 Å². The van der Waals surface area contributed by atoms with Gasteiger partial charge in [-0.25, -0.2) is 0 Å². The molecule has 0 spiro atoms. The summed E-state index contributed by atoms with van der Waals surface area (Å²) in [5.74, 6) is -2.53. The van der Waals surface area contributed by atoms with Gasteiger partial charge in [0, 0.05) is 65.4 Å². The molecule has 0 unspecified atom stereocenters. The van der Waals surface area contributed by atoms with Crippen LogP contribution in [0.1, 0.15) is 32.4 Å². The van der Waals surface area contributed by atoms with Gasteiger partial charge in [-0.05, 0) is 38.4 Å². The number of carboxylic acid groups (broad SMARTS) is 2. The fourth-order valence-electron chi connectivity index (χ4n) is 3.83. The topological polar surface area (TPSA) is 185 Å². The molecule has 0 saturated carbocycles. The standard InChI is InChI=1S/C24H34N6O4.Bi.NO3/c1-27-9-13-29(17-19-5-3-7-21(25-19)23(31)32)15-11-28(2)12-16-30(14-10-27)18-20-6-4-8-22(26-20)24(33)34;;2-1(3)4/h3-8H,9-18H2,1-2H3,(H,31,32)(H,33,34);;/q;+3;-1/p-2. The van der Waals surface area contributed by atoms with Gasteiger partial charge in [0.2, 0.25) is 0 Å². The molecule has 1 saturated heterocycles. The van der Waals surface area contributed by atoms with Gasteiger partial charge in [0.1, 0.15) is 0 Å². The molecule has 3 rings (SSSR count). The Kier molecular flexibility index (Phi) is 15.5. The first-order valence-electron chi connectivity index (χ1n) is 12.0. The Morgan fingerprint density at radius 2 is 1.03 bits per heavy atom. The predicted molar refractivity (Wildman–Crippen MR) is 139 cm³/mol. The number of carbonyl (C=O) groups is 2. The third-order valence-corrected chi connectivity index (χ3v) is 5.99. The van der Waals surface area contributed by atoms with Crippen molar-refractivity contribution >= 4 is 38.1 Å². The minimum Gasteiger partial charge on any atom is -0.543 e. The van der Waals surface area contributed by atoms with Crippen molar-refractivity contribution in [2.45, 2.75) is 13.1 Å². The van der Waals surface area contributed by atoms with Crippen LogP contribution < -0.4 is 10.2 Å². The second kappa shape index (κ2) is 17.7. The predicted octanol–water partition coefficient (Wildman–Crippen LogP) is -2.23. The molecule has 0 aliphatic carbocycles. The molecule has 0 aromatic carbocycles. The van der Waals surface area contributed by atoms with E-state index in [1.807, 2.05) is 12.1 Å². The van der Waals surface area contributed by atoms with Crippen LogP contribution in [0, 0.1) is 15.3 Å². The van der Waals surface area contributed by atoms with Crippen LogP contribution in [0.5, 0.6) is 0 Å². The minimum absolute atomic E-state index is 0. The Morgan fingerprint density at radius 1 is 0.718 bits per heavy atom. The van der Waals surface area contributed by atoms with Gasteiger partial charge < -0.3 is 44.9 Å². The van der Waals surface area contributed by atoms with Crippen LogP contribution in [-0.4, -0.2) is 139 Å². The van der Waals surface area contributed by atoms with Crippen molar-refractivity contribution in [2.24, 2.45) is 0 Å². The van der Waals surface area contributed by atoms with Crippen molar-refractivity contribution in [3.8, 4) is 0 Å². The van der Waals surface area contributed by atoms with Gasteiger partial charge in [-0.15, -0.1) is 0 Å². The van der Waals surface area contributed by atoms with Crippen LogP contribution in [0.2, 0.25) is 0 Å². The quantitative estimate of drug-likeness (QED) is 0.176. The Balaban J connectivity index is 0.00000142. The molecular formula is C24H32BiN7O7. The minimum atomic E-state index is -1.75. The zero-order valence-electron chi connectivity index (χ0n) is 22.0. The number of hydrogen-bond acceptors (Lipinski definition) is 13. The monoisotopic (exact) mass is 739 g/mol. The van der Waals surface area contributed by atoms with Gasteiger partial charge in [-0.3, -0.25) is 19.8 Å². The van der Waals surface area contributed by atoms with E-state index in [1.54, 1.807) is 12.1 Å². The molecule has 3 heterocycles. The van der Waals surface area contributed by atoms with Crippen LogP contribution in [0.4, 0.5) is 0 Å². The molecule has 0 N–H and O–H groups in total. The van der Waals surface area contributed by atoms with Gasteiger partial charge in [-0.1, -0.05) is 12.1 Å². The summed E-state index contributed by atoms with van der Waals surface area (Å²) in [6, 6.07) is 10.00. The van der Waals surface area contributed by atoms with Crippen molar-refractivity contribution in [2.75, 3.05) is 66.5 Å². The molecule has 15 heteroatoms. The summed E-state index contributed by atoms with van der Waals surface area (Å²) in [5.41, 5.74) is 1.36. The largest absolute Gasteiger partial charge is 3.00 e. The molecule has 2 radical (unpaired) electrons. The first-order valence-corrected chi connectivity index (χ1v) is 12.0. The third kappa shape index (κ3) is 13.7.